The Bertz CT molecular complexity index is 1050. The molecule has 0 atom stereocenters. The Labute approximate surface area is 180 Å². The lowest BCUT2D eigenvalue weighted by Gasteiger charge is -2.35. The normalized spacial score (nSPS) is 16.6. The number of carbonyl (C=O) groups excluding carboxylic acids is 1. The van der Waals surface area contributed by atoms with Crippen molar-refractivity contribution < 1.29 is 9.53 Å². The number of fused-ring (bicyclic) bond motifs is 1. The van der Waals surface area contributed by atoms with Gasteiger partial charge in [-0.3, -0.25) is 14.8 Å². The highest BCUT2D eigenvalue weighted by atomic mass is 16.5. The minimum absolute atomic E-state index is 0.135. The van der Waals surface area contributed by atoms with Gasteiger partial charge in [-0.05, 0) is 43.0 Å². The molecule has 2 aliphatic heterocycles. The van der Waals surface area contributed by atoms with E-state index in [-0.39, 0.29) is 12.0 Å². The molecule has 8 heteroatoms. The fraction of sp³-hybridized carbons (Fsp3) is 0.348. The molecule has 1 amide bonds. The van der Waals surface area contributed by atoms with Gasteiger partial charge in [0.05, 0.1) is 12.7 Å². The Balaban J connectivity index is 1.35. The molecule has 0 unspecified atom stereocenters. The van der Waals surface area contributed by atoms with Crippen LogP contribution >= 0.6 is 0 Å². The molecule has 0 aromatic carbocycles. The predicted octanol–water partition coefficient (Wildman–Crippen LogP) is 2.41. The Morgan fingerprint density at radius 1 is 1.06 bits per heavy atom. The van der Waals surface area contributed by atoms with Crippen molar-refractivity contribution >= 4 is 11.7 Å². The van der Waals surface area contributed by atoms with E-state index in [1.54, 1.807) is 18.6 Å². The van der Waals surface area contributed by atoms with E-state index >= 15 is 0 Å². The van der Waals surface area contributed by atoms with Crippen molar-refractivity contribution in [2.75, 3.05) is 24.5 Å². The Morgan fingerprint density at radius 2 is 1.87 bits per heavy atom. The minimum atomic E-state index is -0.135. The largest absolute Gasteiger partial charge is 0.373 e. The molecule has 2 aliphatic rings. The number of hydrogen-bond donors (Lipinski definition) is 1. The molecule has 31 heavy (non-hydrogen) atoms. The summed E-state index contributed by atoms with van der Waals surface area (Å²) < 4.78 is 6.10. The zero-order valence-electron chi connectivity index (χ0n) is 17.2. The summed E-state index contributed by atoms with van der Waals surface area (Å²) >= 11 is 0. The van der Waals surface area contributed by atoms with Gasteiger partial charge in [0.25, 0.3) is 5.91 Å². The van der Waals surface area contributed by atoms with Gasteiger partial charge in [0, 0.05) is 55.5 Å². The van der Waals surface area contributed by atoms with E-state index in [0.717, 1.165) is 54.9 Å². The van der Waals surface area contributed by atoms with Gasteiger partial charge in [-0.15, -0.1) is 0 Å². The average Bonchev–Trinajstić information content (AvgIpc) is 2.84. The Hall–Kier alpha value is -3.39. The van der Waals surface area contributed by atoms with Crippen molar-refractivity contribution in [1.29, 1.82) is 0 Å². The van der Waals surface area contributed by atoms with Gasteiger partial charge < -0.3 is 15.0 Å². The molecule has 5 rings (SSSR count). The molecule has 1 saturated heterocycles. The van der Waals surface area contributed by atoms with E-state index in [4.69, 9.17) is 9.72 Å². The fourth-order valence-electron chi connectivity index (χ4n) is 4.09. The maximum absolute atomic E-state index is 12.5. The number of amides is 1. The molecule has 0 radical (unpaired) electrons. The lowest BCUT2D eigenvalue weighted by molar-refractivity contribution is 0.0249. The molecule has 0 bridgehead atoms. The van der Waals surface area contributed by atoms with Crippen LogP contribution in [0.15, 0.2) is 49.1 Å². The highest BCUT2D eigenvalue weighted by molar-refractivity contribution is 5.96. The number of hydrogen-bond acceptors (Lipinski definition) is 7. The van der Waals surface area contributed by atoms with E-state index in [9.17, 15) is 4.79 Å². The number of nitrogens with zero attached hydrogens (tertiary/aromatic N) is 5. The molecule has 3 aromatic heterocycles. The first kappa shape index (κ1) is 19.6. The van der Waals surface area contributed by atoms with Crippen LogP contribution in [0, 0.1) is 0 Å². The number of carbonyl (C=O) groups is 1. The second-order valence-corrected chi connectivity index (χ2v) is 7.80. The van der Waals surface area contributed by atoms with Crippen LogP contribution in [0.25, 0.3) is 11.4 Å². The average molecular weight is 416 g/mol. The number of nitrogens with one attached hydrogen (secondary N) is 1. The topological polar surface area (TPSA) is 93.1 Å². The SMILES string of the molecule is O=C1NCCc2c1nc(-c1cccnc1)nc2N1CCC(OCc2cccnc2)CC1. The van der Waals surface area contributed by atoms with Gasteiger partial charge >= 0.3 is 0 Å². The molecule has 1 N–H and O–H groups in total. The Kier molecular flexibility index (Phi) is 5.54. The number of aromatic nitrogens is 4. The zero-order chi connectivity index (χ0) is 21.0. The summed E-state index contributed by atoms with van der Waals surface area (Å²) in [5.41, 5.74) is 3.30. The van der Waals surface area contributed by atoms with Crippen molar-refractivity contribution in [2.24, 2.45) is 0 Å². The van der Waals surface area contributed by atoms with Crippen molar-refractivity contribution in [3.8, 4) is 11.4 Å². The Morgan fingerprint density at radius 3 is 2.61 bits per heavy atom. The first-order valence-electron chi connectivity index (χ1n) is 10.6. The standard InChI is InChI=1S/C23H24N6O2/c30-23-20-19(5-10-26-23)22(28-21(27-20)17-4-2-9-25-14-17)29-11-6-18(7-12-29)31-15-16-3-1-8-24-13-16/h1-4,8-9,13-14,18H,5-7,10-12,15H2,(H,26,30). The summed E-state index contributed by atoms with van der Waals surface area (Å²) in [6.45, 7) is 2.84. The summed E-state index contributed by atoms with van der Waals surface area (Å²) in [6, 6.07) is 7.72. The summed E-state index contributed by atoms with van der Waals surface area (Å²) in [4.78, 5) is 32.6. The van der Waals surface area contributed by atoms with Crippen LogP contribution in [0.4, 0.5) is 5.82 Å². The minimum Gasteiger partial charge on any atom is -0.373 e. The number of anilines is 1. The number of piperidine rings is 1. The molecular formula is C23H24N6O2. The van der Waals surface area contributed by atoms with Crippen LogP contribution in [-0.2, 0) is 17.8 Å². The van der Waals surface area contributed by atoms with Crippen LogP contribution in [0.2, 0.25) is 0 Å². The van der Waals surface area contributed by atoms with Crippen LogP contribution in [-0.4, -0.2) is 51.6 Å². The maximum Gasteiger partial charge on any atom is 0.270 e. The van der Waals surface area contributed by atoms with Gasteiger partial charge in [-0.2, -0.15) is 0 Å². The molecule has 3 aromatic rings. The smallest absolute Gasteiger partial charge is 0.270 e. The van der Waals surface area contributed by atoms with Crippen LogP contribution in [0.3, 0.4) is 0 Å². The third-order valence-corrected chi connectivity index (χ3v) is 5.73. The lowest BCUT2D eigenvalue weighted by Crippen LogP contribution is -2.40. The van der Waals surface area contributed by atoms with Gasteiger partial charge in [0.15, 0.2) is 5.82 Å². The second kappa shape index (κ2) is 8.77. The molecule has 5 heterocycles. The number of ether oxygens (including phenoxy) is 1. The molecule has 0 spiro atoms. The third-order valence-electron chi connectivity index (χ3n) is 5.73. The molecule has 0 saturated carbocycles. The molecular weight excluding hydrogens is 392 g/mol. The first-order chi connectivity index (χ1) is 15.3. The zero-order valence-corrected chi connectivity index (χ0v) is 17.2. The fourth-order valence-corrected chi connectivity index (χ4v) is 4.09. The van der Waals surface area contributed by atoms with E-state index in [2.05, 4.69) is 25.2 Å². The third kappa shape index (κ3) is 4.25. The summed E-state index contributed by atoms with van der Waals surface area (Å²) in [7, 11) is 0. The molecule has 158 valence electrons. The van der Waals surface area contributed by atoms with Crippen molar-refractivity contribution in [3.05, 3.63) is 65.9 Å². The van der Waals surface area contributed by atoms with Crippen molar-refractivity contribution in [2.45, 2.75) is 32.0 Å². The predicted molar refractivity (Wildman–Crippen MR) is 116 cm³/mol. The second-order valence-electron chi connectivity index (χ2n) is 7.80. The van der Waals surface area contributed by atoms with Gasteiger partial charge in [0.2, 0.25) is 0 Å². The molecule has 8 nitrogen and oxygen atoms in total. The number of rotatable bonds is 5. The van der Waals surface area contributed by atoms with E-state index in [1.807, 2.05) is 30.5 Å². The summed E-state index contributed by atoms with van der Waals surface area (Å²) in [6.07, 6.45) is 9.81. The van der Waals surface area contributed by atoms with Crippen molar-refractivity contribution in [3.63, 3.8) is 0 Å². The highest BCUT2D eigenvalue weighted by Crippen LogP contribution is 2.29. The van der Waals surface area contributed by atoms with Crippen LogP contribution < -0.4 is 10.2 Å². The molecule has 0 aliphatic carbocycles. The van der Waals surface area contributed by atoms with Crippen LogP contribution in [0.1, 0.15) is 34.5 Å². The first-order valence-corrected chi connectivity index (χ1v) is 10.6. The van der Waals surface area contributed by atoms with Gasteiger partial charge in [-0.1, -0.05) is 6.07 Å². The lowest BCUT2D eigenvalue weighted by atomic mass is 10.0. The van der Waals surface area contributed by atoms with Gasteiger partial charge in [-0.25, -0.2) is 9.97 Å². The van der Waals surface area contributed by atoms with E-state index in [0.29, 0.717) is 24.7 Å². The maximum atomic E-state index is 12.5. The number of pyridine rings is 2. The van der Waals surface area contributed by atoms with E-state index < -0.39 is 0 Å². The highest BCUT2D eigenvalue weighted by Gasteiger charge is 2.29. The quantitative estimate of drug-likeness (QED) is 0.683. The summed E-state index contributed by atoms with van der Waals surface area (Å²) in [5.74, 6) is 1.27. The summed E-state index contributed by atoms with van der Waals surface area (Å²) in [5, 5.41) is 2.90. The van der Waals surface area contributed by atoms with Crippen LogP contribution in [0.5, 0.6) is 0 Å². The van der Waals surface area contributed by atoms with Gasteiger partial charge in [0.1, 0.15) is 11.5 Å². The van der Waals surface area contributed by atoms with E-state index in [1.165, 1.54) is 0 Å². The monoisotopic (exact) mass is 416 g/mol. The van der Waals surface area contributed by atoms with Crippen molar-refractivity contribution in [1.82, 2.24) is 25.3 Å². The molecule has 1 fully saturated rings.